The van der Waals surface area contributed by atoms with Gasteiger partial charge in [0.2, 0.25) is 0 Å². The summed E-state index contributed by atoms with van der Waals surface area (Å²) in [6.07, 6.45) is 0. The molecule has 0 saturated carbocycles. The summed E-state index contributed by atoms with van der Waals surface area (Å²) in [7, 11) is -3.61. The fourth-order valence-corrected chi connectivity index (χ4v) is 4.47. The molecule has 0 amide bonds. The molecule has 3 aromatic carbocycles. The number of aliphatic hydroxyl groups is 1. The molecule has 0 radical (unpaired) electrons. The van der Waals surface area contributed by atoms with Crippen LogP contribution < -0.4 is 9.03 Å². The van der Waals surface area contributed by atoms with E-state index >= 15 is 0 Å². The standard InChI is InChI=1S/C19H18N2O4S/c22-12-13-2-1-3-14(8-13)15-4-5-16-11-19(23)18(10-17(16)9-15)21-7-6-20-26(21,24)25/h1-5,8-11,20,22-23H,6-7,12H2. The molecule has 0 bridgehead atoms. The van der Waals surface area contributed by atoms with E-state index in [9.17, 15) is 18.6 Å². The summed E-state index contributed by atoms with van der Waals surface area (Å²) >= 11 is 0. The maximum atomic E-state index is 12.1. The van der Waals surface area contributed by atoms with Gasteiger partial charge in [-0.3, -0.25) is 4.31 Å². The van der Waals surface area contributed by atoms with Crippen molar-refractivity contribution in [1.82, 2.24) is 4.72 Å². The second kappa shape index (κ2) is 6.28. The van der Waals surface area contributed by atoms with Crippen molar-refractivity contribution in [1.29, 1.82) is 0 Å². The predicted molar refractivity (Wildman–Crippen MR) is 101 cm³/mol. The average Bonchev–Trinajstić information content (AvgIpc) is 2.99. The maximum Gasteiger partial charge on any atom is 0.301 e. The predicted octanol–water partition coefficient (Wildman–Crippen LogP) is 2.36. The molecule has 1 aliphatic heterocycles. The fraction of sp³-hybridized carbons (Fsp3) is 0.158. The summed E-state index contributed by atoms with van der Waals surface area (Å²) < 4.78 is 27.8. The SMILES string of the molecule is O=S1(=O)NCCN1c1cc2cc(-c3cccc(CO)c3)ccc2cc1O. The van der Waals surface area contributed by atoms with E-state index in [1.807, 2.05) is 42.5 Å². The van der Waals surface area contributed by atoms with Gasteiger partial charge >= 0.3 is 10.2 Å². The van der Waals surface area contributed by atoms with Crippen LogP contribution in [0.1, 0.15) is 5.56 Å². The van der Waals surface area contributed by atoms with Crippen molar-refractivity contribution in [3.63, 3.8) is 0 Å². The molecular weight excluding hydrogens is 352 g/mol. The van der Waals surface area contributed by atoms with E-state index in [0.29, 0.717) is 6.54 Å². The zero-order valence-corrected chi connectivity index (χ0v) is 14.7. The minimum absolute atomic E-state index is 0.0285. The summed E-state index contributed by atoms with van der Waals surface area (Å²) in [4.78, 5) is 0. The molecule has 1 saturated heterocycles. The zero-order chi connectivity index (χ0) is 18.3. The van der Waals surface area contributed by atoms with Crippen LogP contribution in [0.15, 0.2) is 54.6 Å². The van der Waals surface area contributed by atoms with Gasteiger partial charge in [-0.1, -0.05) is 30.3 Å². The Bertz CT molecular complexity index is 1100. The molecule has 1 heterocycles. The molecule has 1 fully saturated rings. The van der Waals surface area contributed by atoms with E-state index in [1.54, 1.807) is 12.1 Å². The number of benzene rings is 3. The van der Waals surface area contributed by atoms with Crippen LogP contribution in [0.5, 0.6) is 5.75 Å². The smallest absolute Gasteiger partial charge is 0.301 e. The minimum atomic E-state index is -3.61. The van der Waals surface area contributed by atoms with Crippen LogP contribution >= 0.6 is 0 Å². The van der Waals surface area contributed by atoms with Crippen molar-refractivity contribution in [2.45, 2.75) is 6.61 Å². The van der Waals surface area contributed by atoms with Crippen molar-refractivity contribution in [2.75, 3.05) is 17.4 Å². The van der Waals surface area contributed by atoms with Crippen LogP contribution in [0, 0.1) is 0 Å². The first-order valence-corrected chi connectivity index (χ1v) is 9.66. The summed E-state index contributed by atoms with van der Waals surface area (Å²) in [6.45, 7) is 0.562. The summed E-state index contributed by atoms with van der Waals surface area (Å²) in [5.41, 5.74) is 3.00. The first-order valence-electron chi connectivity index (χ1n) is 8.22. The Morgan fingerprint density at radius 1 is 1.00 bits per heavy atom. The van der Waals surface area contributed by atoms with E-state index in [2.05, 4.69) is 4.72 Å². The van der Waals surface area contributed by atoms with Crippen LogP contribution in [0.3, 0.4) is 0 Å². The lowest BCUT2D eigenvalue weighted by atomic mass is 9.99. The molecular formula is C19H18N2O4S. The lowest BCUT2D eigenvalue weighted by Gasteiger charge is -2.18. The molecule has 0 aromatic heterocycles. The number of anilines is 1. The fourth-order valence-electron chi connectivity index (χ4n) is 3.23. The van der Waals surface area contributed by atoms with Gasteiger partial charge in [-0.25, -0.2) is 0 Å². The Morgan fingerprint density at radius 3 is 2.54 bits per heavy atom. The van der Waals surface area contributed by atoms with Crippen LogP contribution in [0.2, 0.25) is 0 Å². The van der Waals surface area contributed by atoms with Crippen LogP contribution in [-0.2, 0) is 16.8 Å². The number of hydrogen-bond acceptors (Lipinski definition) is 4. The topological polar surface area (TPSA) is 89.9 Å². The number of hydrogen-bond donors (Lipinski definition) is 3. The van der Waals surface area contributed by atoms with Crippen molar-refractivity contribution >= 4 is 26.7 Å². The average molecular weight is 370 g/mol. The van der Waals surface area contributed by atoms with Gasteiger partial charge in [-0.15, -0.1) is 0 Å². The van der Waals surface area contributed by atoms with E-state index < -0.39 is 10.2 Å². The van der Waals surface area contributed by atoms with Crippen molar-refractivity contribution in [3.8, 4) is 16.9 Å². The Labute approximate surface area is 151 Å². The molecule has 1 aliphatic rings. The van der Waals surface area contributed by atoms with Crippen LogP contribution in [-0.4, -0.2) is 31.7 Å². The zero-order valence-electron chi connectivity index (χ0n) is 13.9. The molecule has 0 atom stereocenters. The molecule has 0 spiro atoms. The van der Waals surface area contributed by atoms with Gasteiger partial charge in [0.25, 0.3) is 0 Å². The number of aliphatic hydroxyl groups excluding tert-OH is 1. The number of nitrogens with one attached hydrogen (secondary N) is 1. The Balaban J connectivity index is 1.83. The van der Waals surface area contributed by atoms with Gasteiger partial charge in [-0.2, -0.15) is 13.1 Å². The number of nitrogens with zero attached hydrogens (tertiary/aromatic N) is 1. The second-order valence-corrected chi connectivity index (χ2v) is 7.91. The Kier molecular flexibility index (Phi) is 4.07. The highest BCUT2D eigenvalue weighted by Gasteiger charge is 2.30. The van der Waals surface area contributed by atoms with Gasteiger partial charge < -0.3 is 10.2 Å². The lowest BCUT2D eigenvalue weighted by Crippen LogP contribution is -2.29. The molecule has 0 aliphatic carbocycles. The van der Waals surface area contributed by atoms with E-state index in [1.165, 1.54) is 4.31 Å². The molecule has 0 unspecified atom stereocenters. The number of fused-ring (bicyclic) bond motifs is 1. The first kappa shape index (κ1) is 16.8. The molecule has 134 valence electrons. The quantitative estimate of drug-likeness (QED) is 0.660. The highest BCUT2D eigenvalue weighted by atomic mass is 32.2. The van der Waals surface area contributed by atoms with E-state index in [0.717, 1.165) is 27.5 Å². The number of rotatable bonds is 3. The van der Waals surface area contributed by atoms with Crippen LogP contribution in [0.25, 0.3) is 21.9 Å². The lowest BCUT2D eigenvalue weighted by molar-refractivity contribution is 0.282. The monoisotopic (exact) mass is 370 g/mol. The maximum absolute atomic E-state index is 12.1. The minimum Gasteiger partial charge on any atom is -0.506 e. The van der Waals surface area contributed by atoms with Crippen molar-refractivity contribution in [2.24, 2.45) is 0 Å². The van der Waals surface area contributed by atoms with E-state index in [4.69, 9.17) is 0 Å². The third-order valence-corrected chi connectivity index (χ3v) is 6.06. The number of phenolic OH excluding ortho intramolecular Hbond substituents is 1. The molecule has 26 heavy (non-hydrogen) atoms. The molecule has 4 rings (SSSR count). The van der Waals surface area contributed by atoms with Gasteiger partial charge in [0.15, 0.2) is 0 Å². The van der Waals surface area contributed by atoms with Crippen LogP contribution in [0.4, 0.5) is 5.69 Å². The van der Waals surface area contributed by atoms with E-state index in [-0.39, 0.29) is 24.6 Å². The Morgan fingerprint density at radius 2 is 1.81 bits per heavy atom. The summed E-state index contributed by atoms with van der Waals surface area (Å²) in [5.74, 6) is -0.0696. The first-order chi connectivity index (χ1) is 12.5. The van der Waals surface area contributed by atoms with Gasteiger partial charge in [0.05, 0.1) is 12.3 Å². The molecule has 6 nitrogen and oxygen atoms in total. The molecule has 3 N–H and O–H groups in total. The van der Waals surface area contributed by atoms with Gasteiger partial charge in [0, 0.05) is 13.1 Å². The largest absolute Gasteiger partial charge is 0.506 e. The summed E-state index contributed by atoms with van der Waals surface area (Å²) in [6, 6.07) is 16.6. The number of phenols is 1. The third-order valence-electron chi connectivity index (χ3n) is 4.53. The second-order valence-electron chi connectivity index (χ2n) is 6.23. The van der Waals surface area contributed by atoms with Gasteiger partial charge in [0.1, 0.15) is 5.75 Å². The normalized spacial score (nSPS) is 16.3. The van der Waals surface area contributed by atoms with Crippen molar-refractivity contribution < 1.29 is 18.6 Å². The molecule has 7 heteroatoms. The highest BCUT2D eigenvalue weighted by Crippen LogP contribution is 2.36. The number of aromatic hydroxyl groups is 1. The summed E-state index contributed by atoms with van der Waals surface area (Å²) in [5, 5.41) is 21.3. The van der Waals surface area contributed by atoms with Crippen molar-refractivity contribution in [3.05, 3.63) is 60.2 Å². The highest BCUT2D eigenvalue weighted by molar-refractivity contribution is 7.91. The molecule has 3 aromatic rings. The third kappa shape index (κ3) is 2.90. The van der Waals surface area contributed by atoms with Gasteiger partial charge in [-0.05, 0) is 51.7 Å². The Hall–Kier alpha value is -2.61.